The van der Waals surface area contributed by atoms with E-state index < -0.39 is 0 Å². The Bertz CT molecular complexity index is 560. The first-order chi connectivity index (χ1) is 10.3. The molecule has 1 aliphatic carbocycles. The summed E-state index contributed by atoms with van der Waals surface area (Å²) in [6.07, 6.45) is 5.42. The van der Waals surface area contributed by atoms with Gasteiger partial charge in [-0.1, -0.05) is 48.7 Å². The molecule has 1 nitrogen and oxygen atoms in total. The van der Waals surface area contributed by atoms with E-state index >= 15 is 0 Å². The van der Waals surface area contributed by atoms with Gasteiger partial charge in [-0.2, -0.15) is 0 Å². The van der Waals surface area contributed by atoms with Crippen molar-refractivity contribution in [3.63, 3.8) is 0 Å². The van der Waals surface area contributed by atoms with E-state index in [1.807, 2.05) is 23.5 Å². The van der Waals surface area contributed by atoms with Gasteiger partial charge in [-0.25, -0.2) is 0 Å². The van der Waals surface area contributed by atoms with Crippen LogP contribution < -0.4 is 5.32 Å². The first-order valence-electron chi connectivity index (χ1n) is 7.79. The number of benzene rings is 1. The predicted octanol–water partition coefficient (Wildman–Crippen LogP) is 5.98. The molecule has 2 atom stereocenters. The molecule has 0 saturated heterocycles. The number of hydrogen-bond donors (Lipinski definition) is 1. The van der Waals surface area contributed by atoms with Crippen LogP contribution >= 0.6 is 22.9 Å². The molecule has 1 aromatic heterocycles. The van der Waals surface area contributed by atoms with Crippen LogP contribution in [0, 0.1) is 5.92 Å². The van der Waals surface area contributed by atoms with Crippen LogP contribution in [-0.2, 0) is 0 Å². The molecule has 1 N–H and O–H groups in total. The number of rotatable bonds is 5. The SMILES string of the molecule is CC(NC(c1cccs1)C1CCCC1)c1ccccc1Cl. The minimum atomic E-state index is 0.270. The van der Waals surface area contributed by atoms with Crippen LogP contribution in [0.25, 0.3) is 0 Å². The molecule has 1 saturated carbocycles. The second-order valence-electron chi connectivity index (χ2n) is 5.95. The van der Waals surface area contributed by atoms with Gasteiger partial charge in [0.15, 0.2) is 0 Å². The third-order valence-electron chi connectivity index (χ3n) is 4.52. The lowest BCUT2D eigenvalue weighted by molar-refractivity contribution is 0.343. The highest BCUT2D eigenvalue weighted by atomic mass is 35.5. The molecule has 0 spiro atoms. The van der Waals surface area contributed by atoms with Crippen molar-refractivity contribution in [2.45, 2.75) is 44.7 Å². The van der Waals surface area contributed by atoms with Crippen LogP contribution in [-0.4, -0.2) is 0 Å². The average Bonchev–Trinajstić information content (AvgIpc) is 3.18. The maximum Gasteiger partial charge on any atom is 0.0453 e. The third-order valence-corrected chi connectivity index (χ3v) is 5.82. The molecule has 3 rings (SSSR count). The fraction of sp³-hybridized carbons (Fsp3) is 0.444. The second-order valence-corrected chi connectivity index (χ2v) is 7.33. The first-order valence-corrected chi connectivity index (χ1v) is 9.05. The van der Waals surface area contributed by atoms with Crippen LogP contribution in [0.15, 0.2) is 41.8 Å². The lowest BCUT2D eigenvalue weighted by atomic mass is 9.95. The summed E-state index contributed by atoms with van der Waals surface area (Å²) in [7, 11) is 0. The van der Waals surface area contributed by atoms with Crippen LogP contribution in [0.4, 0.5) is 0 Å². The van der Waals surface area contributed by atoms with E-state index in [0.717, 1.165) is 10.9 Å². The van der Waals surface area contributed by atoms with Gasteiger partial charge in [0.05, 0.1) is 0 Å². The lowest BCUT2D eigenvalue weighted by Crippen LogP contribution is -2.29. The monoisotopic (exact) mass is 319 g/mol. The Labute approximate surface area is 136 Å². The molecule has 2 aromatic rings. The largest absolute Gasteiger partial charge is 0.302 e. The van der Waals surface area contributed by atoms with Gasteiger partial charge in [0, 0.05) is 22.0 Å². The topological polar surface area (TPSA) is 12.0 Å². The average molecular weight is 320 g/mol. The van der Waals surface area contributed by atoms with Gasteiger partial charge >= 0.3 is 0 Å². The van der Waals surface area contributed by atoms with Gasteiger partial charge < -0.3 is 5.32 Å². The highest BCUT2D eigenvalue weighted by molar-refractivity contribution is 7.10. The van der Waals surface area contributed by atoms with E-state index in [0.29, 0.717) is 6.04 Å². The van der Waals surface area contributed by atoms with Gasteiger partial charge in [-0.05, 0) is 48.8 Å². The molecule has 1 aliphatic rings. The van der Waals surface area contributed by atoms with Gasteiger partial charge in [0.1, 0.15) is 0 Å². The van der Waals surface area contributed by atoms with Gasteiger partial charge in [0.2, 0.25) is 0 Å². The molecule has 1 heterocycles. The zero-order chi connectivity index (χ0) is 14.7. The van der Waals surface area contributed by atoms with Crippen LogP contribution in [0.1, 0.15) is 55.1 Å². The summed E-state index contributed by atoms with van der Waals surface area (Å²) in [4.78, 5) is 1.46. The quantitative estimate of drug-likeness (QED) is 0.714. The van der Waals surface area contributed by atoms with Gasteiger partial charge in [-0.15, -0.1) is 11.3 Å². The lowest BCUT2D eigenvalue weighted by Gasteiger charge is -2.28. The normalized spacial score (nSPS) is 18.8. The highest BCUT2D eigenvalue weighted by Crippen LogP contribution is 2.39. The van der Waals surface area contributed by atoms with Crippen LogP contribution in [0.5, 0.6) is 0 Å². The molecule has 0 bridgehead atoms. The Morgan fingerprint density at radius 3 is 2.57 bits per heavy atom. The zero-order valence-electron chi connectivity index (χ0n) is 12.4. The van der Waals surface area contributed by atoms with E-state index in [2.05, 4.69) is 41.9 Å². The summed E-state index contributed by atoms with van der Waals surface area (Å²) < 4.78 is 0. The smallest absolute Gasteiger partial charge is 0.0453 e. The molecule has 1 aromatic carbocycles. The fourth-order valence-electron chi connectivity index (χ4n) is 3.39. The summed E-state index contributed by atoms with van der Waals surface area (Å²) in [6, 6.07) is 13.3. The fourth-order valence-corrected chi connectivity index (χ4v) is 4.57. The van der Waals surface area contributed by atoms with Gasteiger partial charge in [-0.3, -0.25) is 0 Å². The predicted molar refractivity (Wildman–Crippen MR) is 92.0 cm³/mol. The Morgan fingerprint density at radius 1 is 1.14 bits per heavy atom. The number of halogens is 1. The molecule has 0 radical (unpaired) electrons. The third kappa shape index (κ3) is 3.50. The van der Waals surface area contributed by atoms with Crippen molar-refractivity contribution in [2.75, 3.05) is 0 Å². The van der Waals surface area contributed by atoms with E-state index in [4.69, 9.17) is 11.6 Å². The Balaban J connectivity index is 1.79. The summed E-state index contributed by atoms with van der Waals surface area (Å²) in [6.45, 7) is 2.22. The number of thiophene rings is 1. The number of hydrogen-bond acceptors (Lipinski definition) is 2. The Morgan fingerprint density at radius 2 is 1.90 bits per heavy atom. The van der Waals surface area contributed by atoms with E-state index in [1.165, 1.54) is 36.1 Å². The van der Waals surface area contributed by atoms with Crippen molar-refractivity contribution >= 4 is 22.9 Å². The summed E-state index contributed by atoms with van der Waals surface area (Å²) in [5.41, 5.74) is 1.19. The molecule has 112 valence electrons. The molecule has 0 amide bonds. The van der Waals surface area contributed by atoms with E-state index in [1.54, 1.807) is 0 Å². The van der Waals surface area contributed by atoms with Crippen LogP contribution in [0.2, 0.25) is 5.02 Å². The van der Waals surface area contributed by atoms with Crippen molar-refractivity contribution in [3.8, 4) is 0 Å². The Hall–Kier alpha value is -0.830. The minimum absolute atomic E-state index is 0.270. The van der Waals surface area contributed by atoms with Crippen molar-refractivity contribution in [3.05, 3.63) is 57.2 Å². The first kappa shape index (κ1) is 15.1. The summed E-state index contributed by atoms with van der Waals surface area (Å²) in [5.74, 6) is 0.758. The molecule has 3 heteroatoms. The highest BCUT2D eigenvalue weighted by Gasteiger charge is 2.28. The van der Waals surface area contributed by atoms with Crippen molar-refractivity contribution in [1.29, 1.82) is 0 Å². The van der Waals surface area contributed by atoms with E-state index in [9.17, 15) is 0 Å². The summed E-state index contributed by atoms with van der Waals surface area (Å²) in [5, 5.41) is 6.88. The van der Waals surface area contributed by atoms with Gasteiger partial charge in [0.25, 0.3) is 0 Å². The van der Waals surface area contributed by atoms with Crippen molar-refractivity contribution in [1.82, 2.24) is 5.32 Å². The van der Waals surface area contributed by atoms with Crippen molar-refractivity contribution < 1.29 is 0 Å². The number of nitrogens with one attached hydrogen (secondary N) is 1. The zero-order valence-corrected chi connectivity index (χ0v) is 14.0. The standard InChI is InChI=1S/C18H22ClNS/c1-13(15-9-4-5-10-16(15)19)20-18(14-7-2-3-8-14)17-11-6-12-21-17/h4-6,9-14,18,20H,2-3,7-8H2,1H3. The van der Waals surface area contributed by atoms with Crippen molar-refractivity contribution in [2.24, 2.45) is 5.92 Å². The summed E-state index contributed by atoms with van der Waals surface area (Å²) >= 11 is 8.21. The maximum absolute atomic E-state index is 6.35. The molecule has 21 heavy (non-hydrogen) atoms. The molecule has 2 unspecified atom stereocenters. The molecular formula is C18H22ClNS. The molecular weight excluding hydrogens is 298 g/mol. The Kier molecular flexibility index (Phi) is 4.99. The van der Waals surface area contributed by atoms with Crippen LogP contribution in [0.3, 0.4) is 0 Å². The second kappa shape index (κ2) is 6.95. The molecule has 0 aliphatic heterocycles. The minimum Gasteiger partial charge on any atom is -0.302 e. The van der Waals surface area contributed by atoms with E-state index in [-0.39, 0.29) is 6.04 Å². The molecule has 1 fully saturated rings. The maximum atomic E-state index is 6.35.